The fourth-order valence-electron chi connectivity index (χ4n) is 3.55. The minimum absolute atomic E-state index is 0.0499. The Hall–Kier alpha value is -0.103. The Balaban J connectivity index is 2.06. The number of aliphatic hydroxyl groups is 2. The van der Waals surface area contributed by atoms with Crippen molar-refractivity contribution in [1.82, 2.24) is 0 Å². The maximum Gasteiger partial charge on any atom is 0.191 e. The third kappa shape index (κ3) is 5.99. The molecular formula is C20H40O8Si. The first-order valence-electron chi connectivity index (χ1n) is 10.4. The van der Waals surface area contributed by atoms with E-state index in [0.29, 0.717) is 13.0 Å². The van der Waals surface area contributed by atoms with Crippen molar-refractivity contribution in [3.05, 3.63) is 0 Å². The van der Waals surface area contributed by atoms with Crippen LogP contribution in [0.3, 0.4) is 0 Å². The van der Waals surface area contributed by atoms with Crippen LogP contribution in [0.1, 0.15) is 41.0 Å². The molecule has 8 nitrogen and oxygen atoms in total. The summed E-state index contributed by atoms with van der Waals surface area (Å²) >= 11 is 0. The average Bonchev–Trinajstić information content (AvgIpc) is 3.07. The second-order valence-corrected chi connectivity index (χ2v) is 14.7. The quantitative estimate of drug-likeness (QED) is 0.419. The molecule has 29 heavy (non-hydrogen) atoms. The Labute approximate surface area is 175 Å². The minimum Gasteiger partial charge on any atom is -0.417 e. The largest absolute Gasteiger partial charge is 0.417 e. The van der Waals surface area contributed by atoms with E-state index in [1.54, 1.807) is 13.8 Å². The number of rotatable bonds is 9. The summed E-state index contributed by atoms with van der Waals surface area (Å²) in [5.74, 6) is -0.854. The average molecular weight is 437 g/mol. The van der Waals surface area contributed by atoms with Gasteiger partial charge in [0.1, 0.15) is 37.3 Å². The molecule has 2 fully saturated rings. The molecule has 0 unspecified atom stereocenters. The van der Waals surface area contributed by atoms with Crippen LogP contribution in [0, 0.1) is 0 Å². The standard InChI is InChI=1S/C20H40O8Si/c1-19(2,3)29(7,8)25-10-9-13-16(24-12-23-6)15(22)18(26-13)17-14(11-21)27-20(4,5)28-17/h13-18,21-22H,9-12H2,1-8H3/t13-,14+,15+,16+,17+,18-/m1/s1. The molecule has 0 amide bonds. The van der Waals surface area contributed by atoms with Crippen molar-refractivity contribution in [2.45, 2.75) is 102 Å². The molecule has 0 aromatic heterocycles. The number of hydrogen-bond acceptors (Lipinski definition) is 8. The molecule has 0 aromatic rings. The first kappa shape index (κ1) is 25.2. The lowest BCUT2D eigenvalue weighted by Gasteiger charge is -2.36. The summed E-state index contributed by atoms with van der Waals surface area (Å²) in [4.78, 5) is 0. The molecule has 0 aromatic carbocycles. The predicted molar refractivity (Wildman–Crippen MR) is 110 cm³/mol. The molecule has 6 atom stereocenters. The van der Waals surface area contributed by atoms with Crippen molar-refractivity contribution >= 4 is 8.32 Å². The lowest BCUT2D eigenvalue weighted by molar-refractivity contribution is -0.164. The van der Waals surface area contributed by atoms with Crippen molar-refractivity contribution in [3.8, 4) is 0 Å². The summed E-state index contributed by atoms with van der Waals surface area (Å²) in [5.41, 5.74) is 0. The number of ether oxygens (including phenoxy) is 5. The Kier molecular flexibility index (Phi) is 8.31. The van der Waals surface area contributed by atoms with Gasteiger partial charge in [-0.3, -0.25) is 0 Å². The van der Waals surface area contributed by atoms with E-state index in [4.69, 9.17) is 28.1 Å². The molecule has 2 rings (SSSR count). The van der Waals surface area contributed by atoms with E-state index in [0.717, 1.165) is 0 Å². The highest BCUT2D eigenvalue weighted by Crippen LogP contribution is 2.39. The van der Waals surface area contributed by atoms with Crippen LogP contribution in [0.15, 0.2) is 0 Å². The van der Waals surface area contributed by atoms with Gasteiger partial charge in [0.2, 0.25) is 0 Å². The topological polar surface area (TPSA) is 95.8 Å². The van der Waals surface area contributed by atoms with Gasteiger partial charge >= 0.3 is 0 Å². The van der Waals surface area contributed by atoms with Crippen LogP contribution < -0.4 is 0 Å². The highest BCUT2D eigenvalue weighted by molar-refractivity contribution is 6.74. The Morgan fingerprint density at radius 3 is 2.28 bits per heavy atom. The molecule has 2 saturated heterocycles. The van der Waals surface area contributed by atoms with Crippen molar-refractivity contribution in [3.63, 3.8) is 0 Å². The fourth-order valence-corrected chi connectivity index (χ4v) is 4.61. The highest BCUT2D eigenvalue weighted by Gasteiger charge is 2.54. The van der Waals surface area contributed by atoms with E-state index < -0.39 is 44.6 Å². The first-order chi connectivity index (χ1) is 13.3. The van der Waals surface area contributed by atoms with Crippen molar-refractivity contribution in [2.24, 2.45) is 0 Å². The van der Waals surface area contributed by atoms with Gasteiger partial charge in [-0.2, -0.15) is 0 Å². The summed E-state index contributed by atoms with van der Waals surface area (Å²) in [7, 11) is -0.346. The normalized spacial score (nSPS) is 35.4. The SMILES string of the molecule is COCO[C@@H]1[C@H](O)[C@H]([C@H]2OC(C)(C)O[C@H]2CO)O[C@@H]1CCO[Si](C)(C)C(C)(C)C. The van der Waals surface area contributed by atoms with Crippen LogP contribution in [0.2, 0.25) is 18.1 Å². The zero-order valence-electron chi connectivity index (χ0n) is 19.1. The van der Waals surface area contributed by atoms with E-state index >= 15 is 0 Å². The molecule has 0 saturated carbocycles. The summed E-state index contributed by atoms with van der Waals surface area (Å²) < 4.78 is 34.9. The molecule has 9 heteroatoms. The van der Waals surface area contributed by atoms with Crippen molar-refractivity contribution < 1.29 is 38.3 Å². The molecule has 172 valence electrons. The molecule has 2 heterocycles. The second kappa shape index (κ2) is 9.58. The number of methoxy groups -OCH3 is 1. The van der Waals surface area contributed by atoms with Gasteiger partial charge in [-0.1, -0.05) is 20.8 Å². The maximum atomic E-state index is 10.9. The predicted octanol–water partition coefficient (Wildman–Crippen LogP) is 2.03. The van der Waals surface area contributed by atoms with Crippen LogP contribution in [0.5, 0.6) is 0 Å². The third-order valence-corrected chi connectivity index (χ3v) is 10.7. The van der Waals surface area contributed by atoms with Gasteiger partial charge in [0.15, 0.2) is 14.1 Å². The summed E-state index contributed by atoms with van der Waals surface area (Å²) in [6, 6.07) is 0. The molecule has 0 radical (unpaired) electrons. The van der Waals surface area contributed by atoms with E-state index in [2.05, 4.69) is 33.9 Å². The van der Waals surface area contributed by atoms with E-state index in [1.807, 2.05) is 0 Å². The van der Waals surface area contributed by atoms with Crippen molar-refractivity contribution in [2.75, 3.05) is 27.1 Å². The first-order valence-corrected chi connectivity index (χ1v) is 13.3. The molecule has 0 bridgehead atoms. The summed E-state index contributed by atoms with van der Waals surface area (Å²) in [6.45, 7) is 14.9. The van der Waals surface area contributed by atoms with Gasteiger partial charge in [-0.25, -0.2) is 0 Å². The fraction of sp³-hybridized carbons (Fsp3) is 1.00. The maximum absolute atomic E-state index is 10.9. The molecular weight excluding hydrogens is 396 g/mol. The van der Waals surface area contributed by atoms with Gasteiger partial charge < -0.3 is 38.3 Å². The van der Waals surface area contributed by atoms with Crippen LogP contribution in [-0.4, -0.2) is 88.1 Å². The van der Waals surface area contributed by atoms with E-state index in [1.165, 1.54) is 7.11 Å². The Morgan fingerprint density at radius 1 is 1.07 bits per heavy atom. The van der Waals surface area contributed by atoms with E-state index in [9.17, 15) is 10.2 Å². The van der Waals surface area contributed by atoms with Crippen LogP contribution in [0.25, 0.3) is 0 Å². The smallest absolute Gasteiger partial charge is 0.191 e. The van der Waals surface area contributed by atoms with Gasteiger partial charge in [0, 0.05) is 13.7 Å². The zero-order chi connectivity index (χ0) is 22.0. The summed E-state index contributed by atoms with van der Waals surface area (Å²) in [6.07, 6.45) is -3.14. The highest BCUT2D eigenvalue weighted by atomic mass is 28.4. The molecule has 2 aliphatic heterocycles. The minimum atomic E-state index is -1.88. The van der Waals surface area contributed by atoms with Crippen LogP contribution in [0.4, 0.5) is 0 Å². The number of hydrogen-bond donors (Lipinski definition) is 2. The molecule has 2 N–H and O–H groups in total. The lowest BCUT2D eigenvalue weighted by Crippen LogP contribution is -2.45. The van der Waals surface area contributed by atoms with Gasteiger partial charge in [-0.05, 0) is 38.4 Å². The molecule has 2 aliphatic rings. The summed E-state index contributed by atoms with van der Waals surface area (Å²) in [5, 5.41) is 20.7. The van der Waals surface area contributed by atoms with Gasteiger partial charge in [-0.15, -0.1) is 0 Å². The van der Waals surface area contributed by atoms with Gasteiger partial charge in [0.05, 0.1) is 12.7 Å². The van der Waals surface area contributed by atoms with Crippen LogP contribution in [-0.2, 0) is 28.1 Å². The molecule has 0 spiro atoms. The third-order valence-electron chi connectivity index (χ3n) is 6.15. The second-order valence-electron chi connectivity index (χ2n) is 9.89. The lowest BCUT2D eigenvalue weighted by atomic mass is 10.00. The Morgan fingerprint density at radius 2 is 1.72 bits per heavy atom. The van der Waals surface area contributed by atoms with Crippen LogP contribution >= 0.6 is 0 Å². The number of aliphatic hydroxyl groups excluding tert-OH is 2. The van der Waals surface area contributed by atoms with Crippen molar-refractivity contribution in [1.29, 1.82) is 0 Å². The zero-order valence-corrected chi connectivity index (χ0v) is 20.1. The van der Waals surface area contributed by atoms with Gasteiger partial charge in [0.25, 0.3) is 0 Å². The molecule has 0 aliphatic carbocycles. The Bertz CT molecular complexity index is 521. The van der Waals surface area contributed by atoms with E-state index in [-0.39, 0.29) is 24.5 Å². The monoisotopic (exact) mass is 436 g/mol.